The van der Waals surface area contributed by atoms with Crippen LogP contribution < -0.4 is 11.1 Å². The quantitative estimate of drug-likeness (QED) is 0.0994. The molecule has 3 heterocycles. The van der Waals surface area contributed by atoms with Crippen molar-refractivity contribution in [3.63, 3.8) is 0 Å². The fourth-order valence-corrected chi connectivity index (χ4v) is 20.1. The molecule has 1 aromatic heterocycles. The fourth-order valence-electron chi connectivity index (χ4n) is 20.1. The second kappa shape index (κ2) is 17.4. The average Bonchev–Trinajstić information content (AvgIpc) is 4.03. The highest BCUT2D eigenvalue weighted by Gasteiger charge is 2.85. The molecular weight excluding hydrogens is 893 g/mol. The smallest absolute Gasteiger partial charge is 0.310 e. The molecule has 15 nitrogen and oxygen atoms in total. The molecule has 20 atom stereocenters. The van der Waals surface area contributed by atoms with E-state index in [1.54, 1.807) is 6.33 Å². The molecule has 2 saturated heterocycles. The highest BCUT2D eigenvalue weighted by atomic mass is 16.7. The number of carbonyl (C=O) groups is 2. The number of aliphatic carboxylic acids is 1. The van der Waals surface area contributed by atoms with Gasteiger partial charge in [0.2, 0.25) is 5.91 Å². The van der Waals surface area contributed by atoms with Crippen LogP contribution in [0.15, 0.2) is 35.8 Å². The third-order valence-electron chi connectivity index (χ3n) is 23.1. The Kier molecular flexibility index (Phi) is 12.3. The van der Waals surface area contributed by atoms with Gasteiger partial charge in [0.25, 0.3) is 0 Å². The minimum atomic E-state index is -1.61. The zero-order valence-corrected chi connectivity index (χ0v) is 41.7. The summed E-state index contributed by atoms with van der Waals surface area (Å²) in [6, 6.07) is -0.313. The summed E-state index contributed by atoms with van der Waals surface area (Å²) < 4.78 is 12.9. The maximum absolute atomic E-state index is 14.2. The minimum Gasteiger partial charge on any atom is -0.481 e. The molecule has 1 aromatic rings. The van der Waals surface area contributed by atoms with Gasteiger partial charge in [0.15, 0.2) is 6.29 Å². The predicted octanol–water partition coefficient (Wildman–Crippen LogP) is 4.85. The third kappa shape index (κ3) is 6.40. The van der Waals surface area contributed by atoms with Crippen LogP contribution in [-0.4, -0.2) is 127 Å². The second-order valence-electron chi connectivity index (χ2n) is 25.5. The first kappa shape index (κ1) is 49.5. The Bertz CT molecular complexity index is 2240. The Hall–Kier alpha value is -2.73. The Morgan fingerprint density at radius 2 is 1.74 bits per heavy atom. The number of nitrogens with two attached hydrogens (primary N) is 1. The summed E-state index contributed by atoms with van der Waals surface area (Å²) in [5, 5.41) is 85.0. The first-order valence-corrected chi connectivity index (χ1v) is 27.3. The van der Waals surface area contributed by atoms with E-state index in [1.165, 1.54) is 11.1 Å². The Morgan fingerprint density at radius 3 is 2.44 bits per heavy atom. The number of nitrogens with zero attached hydrogens (tertiary/aromatic N) is 1. The molecule has 2 bridgehead atoms. The summed E-state index contributed by atoms with van der Waals surface area (Å²) in [5.74, 6) is -2.21. The monoisotopic (exact) mass is 975 g/mol. The number of fused-ring (bicyclic) bond motifs is 2. The van der Waals surface area contributed by atoms with Crippen LogP contribution in [0.3, 0.4) is 0 Å². The predicted molar refractivity (Wildman–Crippen MR) is 257 cm³/mol. The van der Waals surface area contributed by atoms with Crippen LogP contribution in [0.25, 0.3) is 0 Å². The largest absolute Gasteiger partial charge is 0.481 e. The summed E-state index contributed by atoms with van der Waals surface area (Å²) in [6.45, 7) is 6.65. The van der Waals surface area contributed by atoms with E-state index in [-0.39, 0.29) is 89.9 Å². The highest BCUT2D eigenvalue weighted by molar-refractivity contribution is 5.79. The van der Waals surface area contributed by atoms with Crippen molar-refractivity contribution in [1.29, 1.82) is 0 Å². The number of amides is 1. The Morgan fingerprint density at radius 1 is 0.971 bits per heavy atom. The van der Waals surface area contributed by atoms with Crippen LogP contribution in [0, 0.1) is 73.4 Å². The van der Waals surface area contributed by atoms with Crippen molar-refractivity contribution in [2.45, 2.75) is 185 Å². The number of aromatic nitrogens is 2. The second-order valence-corrected chi connectivity index (χ2v) is 25.5. The number of carboxylic acid groups (broad SMARTS) is 1. The van der Waals surface area contributed by atoms with Crippen molar-refractivity contribution in [3.05, 3.63) is 41.5 Å². The number of allylic oxidation sites excluding steroid dienone is 4. The van der Waals surface area contributed by atoms with Crippen LogP contribution in [0.1, 0.15) is 148 Å². The van der Waals surface area contributed by atoms with Gasteiger partial charge in [-0.3, -0.25) is 9.59 Å². The molecular formula is C55H82N4O11. The Balaban J connectivity index is 1.16. The number of hydrogen-bond acceptors (Lipinski definition) is 12. The first-order chi connectivity index (χ1) is 33.5. The summed E-state index contributed by atoms with van der Waals surface area (Å²) in [7, 11) is 0. The van der Waals surface area contributed by atoms with Crippen molar-refractivity contribution in [1.82, 2.24) is 15.3 Å². The van der Waals surface area contributed by atoms with E-state index in [4.69, 9.17) is 15.2 Å². The third-order valence-corrected chi connectivity index (χ3v) is 23.1. The summed E-state index contributed by atoms with van der Waals surface area (Å²) in [5.41, 5.74) is 5.60. The number of aliphatic hydroxyl groups is 6. The molecule has 0 aromatic carbocycles. The number of aliphatic hydroxyl groups excluding tert-OH is 6. The van der Waals surface area contributed by atoms with Crippen LogP contribution in [0.5, 0.6) is 0 Å². The number of nitrogens with one attached hydrogen (secondary N) is 2. The van der Waals surface area contributed by atoms with E-state index in [9.17, 15) is 45.3 Å². The van der Waals surface area contributed by atoms with E-state index in [1.807, 2.05) is 6.20 Å². The van der Waals surface area contributed by atoms with Crippen LogP contribution in [0.4, 0.5) is 0 Å². The summed E-state index contributed by atoms with van der Waals surface area (Å²) in [4.78, 5) is 35.8. The fraction of sp³-hybridized carbons (Fsp3) is 0.836. The summed E-state index contributed by atoms with van der Waals surface area (Å²) >= 11 is 0. The molecule has 8 aliphatic carbocycles. The van der Waals surface area contributed by atoms with Crippen LogP contribution >= 0.6 is 0 Å². The van der Waals surface area contributed by atoms with Gasteiger partial charge in [0.05, 0.1) is 37.2 Å². The molecule has 11 N–H and O–H groups in total. The molecule has 2 spiro atoms. The van der Waals surface area contributed by atoms with Gasteiger partial charge < -0.3 is 61.3 Å². The summed E-state index contributed by atoms with van der Waals surface area (Å²) in [6.07, 6.45) is 14.3. The number of imidazole rings is 1. The topological polar surface area (TPSA) is 261 Å². The van der Waals surface area contributed by atoms with Gasteiger partial charge in [-0.1, -0.05) is 63.3 Å². The van der Waals surface area contributed by atoms with E-state index >= 15 is 0 Å². The van der Waals surface area contributed by atoms with Crippen LogP contribution in [-0.2, 0) is 19.1 Å². The molecule has 1 amide bonds. The van der Waals surface area contributed by atoms with E-state index in [2.05, 4.69) is 48.2 Å². The highest BCUT2D eigenvalue weighted by Crippen LogP contribution is 2.89. The lowest BCUT2D eigenvalue weighted by Gasteiger charge is -2.84. The van der Waals surface area contributed by atoms with Gasteiger partial charge in [-0.05, 0) is 148 Å². The van der Waals surface area contributed by atoms with E-state index in [0.717, 1.165) is 82.7 Å². The number of aromatic amines is 1. The zero-order valence-electron chi connectivity index (χ0n) is 41.7. The Labute approximate surface area is 412 Å². The average molecular weight is 975 g/mol. The lowest BCUT2D eigenvalue weighted by atomic mass is 9.20. The maximum atomic E-state index is 14.2. The number of rotatable bonds is 12. The maximum Gasteiger partial charge on any atom is 0.310 e. The normalized spacial score (nSPS) is 50.2. The lowest BCUT2D eigenvalue weighted by molar-refractivity contribution is -0.372. The van der Waals surface area contributed by atoms with Gasteiger partial charge >= 0.3 is 5.97 Å². The molecule has 15 heteroatoms. The number of carboxylic acids is 1. The number of hydrogen-bond donors (Lipinski definition) is 10. The molecule has 11 rings (SSSR count). The first-order valence-electron chi connectivity index (χ1n) is 27.3. The zero-order chi connectivity index (χ0) is 49.4. The van der Waals surface area contributed by atoms with Crippen molar-refractivity contribution < 1.29 is 54.8 Å². The van der Waals surface area contributed by atoms with Gasteiger partial charge in [-0.15, -0.1) is 0 Å². The van der Waals surface area contributed by atoms with Crippen molar-refractivity contribution in [2.24, 2.45) is 79.1 Å². The molecule has 0 radical (unpaired) electrons. The van der Waals surface area contributed by atoms with E-state index < -0.39 is 70.4 Å². The van der Waals surface area contributed by atoms with Crippen molar-refractivity contribution in [2.75, 3.05) is 26.4 Å². The van der Waals surface area contributed by atoms with Crippen molar-refractivity contribution in [3.8, 4) is 0 Å². The van der Waals surface area contributed by atoms with Gasteiger partial charge in [0, 0.05) is 53.6 Å². The van der Waals surface area contributed by atoms with Gasteiger partial charge in [0.1, 0.15) is 18.3 Å². The van der Waals surface area contributed by atoms with Gasteiger partial charge in [-0.25, -0.2) is 4.98 Å². The molecule has 388 valence electrons. The van der Waals surface area contributed by atoms with Crippen molar-refractivity contribution >= 4 is 11.9 Å². The minimum absolute atomic E-state index is 0.0133. The molecule has 2 aliphatic heterocycles. The van der Waals surface area contributed by atoms with Crippen LogP contribution in [0.2, 0.25) is 0 Å². The van der Waals surface area contributed by atoms with E-state index in [0.29, 0.717) is 38.6 Å². The molecule has 20 unspecified atom stereocenters. The molecule has 8 fully saturated rings. The molecule has 6 saturated carbocycles. The molecule has 10 aliphatic rings. The molecule has 70 heavy (non-hydrogen) atoms. The number of carbonyl (C=O) groups excluding carboxylic acids is 1. The van der Waals surface area contributed by atoms with Gasteiger partial charge in [-0.2, -0.15) is 0 Å². The number of ether oxygens (including phenoxy) is 2. The SMILES string of the molecule is CC1(CO)CCC2(C(=O)O)CCC34CCC5=CC(C6CC(=O)NC6C(CCCN)c6cnc[nH]6)C6C(O)C(OC7OCC(O)C(O)C7O)C(C)(CO)C7CCC3(C)C5(CC=C4C2C1)C67C1CCCCC1. The number of H-pyrrole nitrogens is 1. The standard InChI is InChI=1S/C55H82N4O11/c1-49(27-60)17-18-52(48(67)68)19-20-53-15-11-31-22-33(34-23-40(63)59-42(34)32(10-7-21-56)37-25-57-29-58-37)41-44(65)46(70-47-45(66)43(64)38(62)26-69-47)50(2,28-61)39-13-14-51(53,3)54(31,16-12-35(53)36(52)24-49)55(39,41)30-8-5-4-6-9-30/h12,22,25,29-30,32-34,36,38-39,41-47,60-62,64-66H,4-11,13-21,23-24,26-28,56H2,1-3H3,(H,57,58)(H,59,63)(H,67,68). The lowest BCUT2D eigenvalue weighted by Crippen LogP contribution is -2.81.